The number of rotatable bonds is 13. The Morgan fingerprint density at radius 1 is 0.625 bits per heavy atom. The molecule has 0 fully saturated rings. The van der Waals surface area contributed by atoms with Crippen LogP contribution in [0.25, 0.3) is 0 Å². The molecular formula is C36H51O3P. The first-order chi connectivity index (χ1) is 18.8. The SMILES string of the molecule is Cc1cc(C)c(CP(=O)(Cc2c(C)cc(C)cc2C)c2ccc(OCCC(C)C)cc2OCCC(C)C)c(C)c1. The zero-order chi connectivity index (χ0) is 29.6. The molecule has 0 amide bonds. The van der Waals surface area contributed by atoms with E-state index < -0.39 is 7.14 Å². The van der Waals surface area contributed by atoms with E-state index in [1.165, 1.54) is 44.5 Å². The molecule has 0 bridgehead atoms. The molecule has 0 aliphatic heterocycles. The first kappa shape index (κ1) is 32.0. The van der Waals surface area contributed by atoms with Gasteiger partial charge in [-0.1, -0.05) is 63.1 Å². The quantitative estimate of drug-likeness (QED) is 0.195. The van der Waals surface area contributed by atoms with Crippen molar-refractivity contribution in [1.29, 1.82) is 0 Å². The fourth-order valence-electron chi connectivity index (χ4n) is 5.51. The molecule has 218 valence electrons. The van der Waals surface area contributed by atoms with Crippen molar-refractivity contribution >= 4 is 12.4 Å². The highest BCUT2D eigenvalue weighted by atomic mass is 31.2. The van der Waals surface area contributed by atoms with Crippen LogP contribution in [0.5, 0.6) is 11.5 Å². The smallest absolute Gasteiger partial charge is 0.133 e. The maximum Gasteiger partial charge on any atom is 0.133 e. The minimum atomic E-state index is -3.00. The van der Waals surface area contributed by atoms with Crippen molar-refractivity contribution in [3.63, 3.8) is 0 Å². The van der Waals surface area contributed by atoms with Gasteiger partial charge in [0.2, 0.25) is 0 Å². The summed E-state index contributed by atoms with van der Waals surface area (Å²) in [5.41, 5.74) is 9.64. The Labute approximate surface area is 244 Å². The van der Waals surface area contributed by atoms with E-state index in [1.807, 2.05) is 18.2 Å². The Hall–Kier alpha value is -2.51. The van der Waals surface area contributed by atoms with Crippen LogP contribution < -0.4 is 14.8 Å². The van der Waals surface area contributed by atoms with Crippen LogP contribution in [-0.2, 0) is 16.9 Å². The maximum absolute atomic E-state index is 15.5. The second-order valence-corrected chi connectivity index (χ2v) is 15.5. The summed E-state index contributed by atoms with van der Waals surface area (Å²) in [5, 5.41) is 0.825. The van der Waals surface area contributed by atoms with Crippen molar-refractivity contribution < 1.29 is 14.0 Å². The summed E-state index contributed by atoms with van der Waals surface area (Å²) < 4.78 is 28.1. The van der Waals surface area contributed by atoms with Gasteiger partial charge in [-0.05, 0) is 112 Å². The lowest BCUT2D eigenvalue weighted by molar-refractivity contribution is 0.277. The van der Waals surface area contributed by atoms with Crippen LogP contribution in [0, 0.1) is 53.4 Å². The van der Waals surface area contributed by atoms with E-state index in [4.69, 9.17) is 9.47 Å². The number of benzene rings is 3. The predicted octanol–water partition coefficient (Wildman–Crippen LogP) is 9.78. The Morgan fingerprint density at radius 3 is 1.48 bits per heavy atom. The highest BCUT2D eigenvalue weighted by molar-refractivity contribution is 7.70. The number of ether oxygens (including phenoxy) is 2. The van der Waals surface area contributed by atoms with Crippen LogP contribution >= 0.6 is 7.14 Å². The standard InChI is InChI=1S/C36H51O3P/c1-24(2)13-15-38-32-11-12-36(35(21-32)39-16-14-25(3)4)40(37,22-33-28(7)17-26(5)18-29(33)8)23-34-30(9)19-27(6)20-31(34)10/h11-12,17-21,24-25H,13-16,22-23H2,1-10H3. The molecule has 0 radical (unpaired) electrons. The molecule has 0 heterocycles. The molecule has 0 aliphatic rings. The summed E-state index contributed by atoms with van der Waals surface area (Å²) in [4.78, 5) is 0. The van der Waals surface area contributed by atoms with E-state index in [-0.39, 0.29) is 0 Å². The van der Waals surface area contributed by atoms with Crippen LogP contribution in [0.1, 0.15) is 85.0 Å². The summed E-state index contributed by atoms with van der Waals surface area (Å²) in [5.74, 6) is 2.58. The zero-order valence-corrected chi connectivity index (χ0v) is 27.5. The Morgan fingerprint density at radius 2 is 1.05 bits per heavy atom. The van der Waals surface area contributed by atoms with Crippen molar-refractivity contribution in [3.8, 4) is 11.5 Å². The molecule has 40 heavy (non-hydrogen) atoms. The average molecular weight is 563 g/mol. The summed E-state index contributed by atoms with van der Waals surface area (Å²) >= 11 is 0. The van der Waals surface area contributed by atoms with Crippen LogP contribution in [-0.4, -0.2) is 13.2 Å². The molecular weight excluding hydrogens is 511 g/mol. The molecule has 0 saturated heterocycles. The van der Waals surface area contributed by atoms with Gasteiger partial charge in [-0.25, -0.2) is 0 Å². The summed E-state index contributed by atoms with van der Waals surface area (Å²) in [6, 6.07) is 14.8. The molecule has 0 saturated carbocycles. The molecule has 3 aromatic rings. The van der Waals surface area contributed by atoms with Crippen LogP contribution in [0.15, 0.2) is 42.5 Å². The normalized spacial score (nSPS) is 11.9. The topological polar surface area (TPSA) is 35.5 Å². The van der Waals surface area contributed by atoms with Gasteiger partial charge in [0.25, 0.3) is 0 Å². The Balaban J connectivity index is 2.15. The van der Waals surface area contributed by atoms with Crippen molar-refractivity contribution in [2.45, 2.75) is 94.4 Å². The van der Waals surface area contributed by atoms with E-state index >= 15 is 4.57 Å². The first-order valence-electron chi connectivity index (χ1n) is 14.9. The fraction of sp³-hybridized carbons (Fsp3) is 0.500. The number of hydrogen-bond donors (Lipinski definition) is 0. The second-order valence-electron chi connectivity index (χ2n) is 12.7. The van der Waals surface area contributed by atoms with Crippen LogP contribution in [0.3, 0.4) is 0 Å². The molecule has 3 rings (SSSR count). The molecule has 0 aliphatic carbocycles. The van der Waals surface area contributed by atoms with E-state index in [9.17, 15) is 0 Å². The zero-order valence-electron chi connectivity index (χ0n) is 26.6. The minimum absolute atomic E-state index is 0.506. The highest BCUT2D eigenvalue weighted by Gasteiger charge is 2.32. The van der Waals surface area contributed by atoms with E-state index in [1.54, 1.807) is 0 Å². The van der Waals surface area contributed by atoms with Gasteiger partial charge in [-0.3, -0.25) is 0 Å². The molecule has 0 aromatic heterocycles. The van der Waals surface area contributed by atoms with Crippen molar-refractivity contribution in [1.82, 2.24) is 0 Å². The van der Waals surface area contributed by atoms with Gasteiger partial charge in [0.15, 0.2) is 0 Å². The molecule has 4 heteroatoms. The summed E-state index contributed by atoms with van der Waals surface area (Å²) in [6.45, 7) is 22.9. The van der Waals surface area contributed by atoms with Gasteiger partial charge >= 0.3 is 0 Å². The fourth-order valence-corrected chi connectivity index (χ4v) is 8.86. The maximum atomic E-state index is 15.5. The largest absolute Gasteiger partial charge is 0.493 e. The lowest BCUT2D eigenvalue weighted by Crippen LogP contribution is -2.16. The molecule has 0 atom stereocenters. The van der Waals surface area contributed by atoms with Gasteiger partial charge in [0, 0.05) is 18.4 Å². The third-order valence-electron chi connectivity index (χ3n) is 7.79. The Bertz CT molecular complexity index is 1240. The summed E-state index contributed by atoms with van der Waals surface area (Å²) in [7, 11) is -3.00. The predicted molar refractivity (Wildman–Crippen MR) is 172 cm³/mol. The Kier molecular flexibility index (Phi) is 11.1. The number of aryl methyl sites for hydroxylation is 6. The highest BCUT2D eigenvalue weighted by Crippen LogP contribution is 2.55. The van der Waals surface area contributed by atoms with Gasteiger partial charge in [0.1, 0.15) is 18.6 Å². The third-order valence-corrected chi connectivity index (χ3v) is 10.7. The van der Waals surface area contributed by atoms with Gasteiger partial charge in [0.05, 0.1) is 18.5 Å². The average Bonchev–Trinajstić information content (AvgIpc) is 2.83. The van der Waals surface area contributed by atoms with E-state index in [0.717, 1.165) is 23.9 Å². The van der Waals surface area contributed by atoms with Gasteiger partial charge in [-0.15, -0.1) is 0 Å². The van der Waals surface area contributed by atoms with Crippen molar-refractivity contribution in [2.24, 2.45) is 11.8 Å². The first-order valence-corrected chi connectivity index (χ1v) is 17.0. The molecule has 0 spiro atoms. The van der Waals surface area contributed by atoms with Crippen molar-refractivity contribution in [2.75, 3.05) is 13.2 Å². The van der Waals surface area contributed by atoms with Gasteiger partial charge < -0.3 is 14.0 Å². The molecule has 0 N–H and O–H groups in total. The molecule has 3 nitrogen and oxygen atoms in total. The monoisotopic (exact) mass is 562 g/mol. The summed E-state index contributed by atoms with van der Waals surface area (Å²) in [6.07, 6.45) is 2.94. The van der Waals surface area contributed by atoms with Crippen LogP contribution in [0.4, 0.5) is 0 Å². The lowest BCUT2D eigenvalue weighted by atomic mass is 10.0. The molecule has 3 aromatic carbocycles. The second kappa shape index (κ2) is 13.9. The van der Waals surface area contributed by atoms with E-state index in [0.29, 0.717) is 43.1 Å². The van der Waals surface area contributed by atoms with Crippen molar-refractivity contribution in [3.05, 3.63) is 87.0 Å². The third kappa shape index (κ3) is 8.50. The minimum Gasteiger partial charge on any atom is -0.493 e. The lowest BCUT2D eigenvalue weighted by Gasteiger charge is -2.26. The molecule has 0 unspecified atom stereocenters. The van der Waals surface area contributed by atoms with Gasteiger partial charge in [-0.2, -0.15) is 0 Å². The van der Waals surface area contributed by atoms with E-state index in [2.05, 4.69) is 93.5 Å². The number of hydrogen-bond acceptors (Lipinski definition) is 3. The van der Waals surface area contributed by atoms with Crippen LogP contribution in [0.2, 0.25) is 0 Å².